The third-order valence-electron chi connectivity index (χ3n) is 4.03. The lowest BCUT2D eigenvalue weighted by molar-refractivity contribution is 0.391. The maximum atomic E-state index is 6.00. The van der Waals surface area contributed by atoms with Crippen LogP contribution >= 0.6 is 23.4 Å². The van der Waals surface area contributed by atoms with Gasteiger partial charge in [-0.25, -0.2) is 0 Å². The van der Waals surface area contributed by atoms with Crippen LogP contribution in [0.1, 0.15) is 17.0 Å². The molecule has 0 fully saturated rings. The summed E-state index contributed by atoms with van der Waals surface area (Å²) < 4.78 is 11.0. The Morgan fingerprint density at radius 3 is 2.70 bits per heavy atom. The van der Waals surface area contributed by atoms with Gasteiger partial charge in [-0.2, -0.15) is 4.98 Å². The van der Waals surface area contributed by atoms with Gasteiger partial charge in [0, 0.05) is 16.1 Å². The second kappa shape index (κ2) is 7.54. The summed E-state index contributed by atoms with van der Waals surface area (Å²) in [6.45, 7) is 4.12. The topological polar surface area (TPSA) is 77.8 Å². The summed E-state index contributed by atoms with van der Waals surface area (Å²) in [6.07, 6.45) is 0. The van der Waals surface area contributed by atoms with Gasteiger partial charge in [0.25, 0.3) is 5.22 Å². The summed E-state index contributed by atoms with van der Waals surface area (Å²) >= 11 is 7.34. The van der Waals surface area contributed by atoms with Crippen molar-refractivity contribution in [1.82, 2.24) is 20.3 Å². The van der Waals surface area contributed by atoms with E-state index in [0.29, 0.717) is 33.6 Å². The van der Waals surface area contributed by atoms with Gasteiger partial charge in [-0.05, 0) is 49.2 Å². The normalized spacial score (nSPS) is 11.1. The quantitative estimate of drug-likeness (QED) is 0.419. The van der Waals surface area contributed by atoms with Crippen molar-refractivity contribution in [3.05, 3.63) is 64.5 Å². The molecule has 2 aromatic carbocycles. The lowest BCUT2D eigenvalue weighted by atomic mass is 10.1. The van der Waals surface area contributed by atoms with Gasteiger partial charge >= 0.3 is 0 Å². The fraction of sp³-hybridized carbons (Fsp3) is 0.158. The van der Waals surface area contributed by atoms with E-state index < -0.39 is 0 Å². The molecule has 2 aromatic heterocycles. The van der Waals surface area contributed by atoms with Crippen LogP contribution in [0.15, 0.2) is 56.6 Å². The molecule has 0 aliphatic heterocycles. The minimum absolute atomic E-state index is 0.433. The average Bonchev–Trinajstić information content (AvgIpc) is 3.32. The highest BCUT2D eigenvalue weighted by Crippen LogP contribution is 2.27. The molecule has 0 atom stereocenters. The van der Waals surface area contributed by atoms with Crippen LogP contribution in [-0.2, 0) is 5.75 Å². The van der Waals surface area contributed by atoms with E-state index in [2.05, 4.69) is 34.2 Å². The molecule has 6 nitrogen and oxygen atoms in total. The number of aromatic nitrogens is 4. The van der Waals surface area contributed by atoms with E-state index >= 15 is 0 Å². The molecular weight excluding hydrogens is 384 g/mol. The first-order valence-electron chi connectivity index (χ1n) is 8.21. The zero-order valence-corrected chi connectivity index (χ0v) is 16.2. The van der Waals surface area contributed by atoms with Gasteiger partial charge in [0.1, 0.15) is 0 Å². The van der Waals surface area contributed by atoms with E-state index in [0.717, 1.165) is 11.1 Å². The number of benzene rings is 2. The van der Waals surface area contributed by atoms with Gasteiger partial charge in [0.2, 0.25) is 17.6 Å². The highest BCUT2D eigenvalue weighted by Gasteiger charge is 2.13. The molecule has 0 bridgehead atoms. The summed E-state index contributed by atoms with van der Waals surface area (Å²) in [5.41, 5.74) is 4.11. The minimum atomic E-state index is 0.433. The fourth-order valence-electron chi connectivity index (χ4n) is 2.44. The van der Waals surface area contributed by atoms with Crippen LogP contribution in [0.3, 0.4) is 0 Å². The second-order valence-electron chi connectivity index (χ2n) is 5.98. The van der Waals surface area contributed by atoms with Crippen LogP contribution in [-0.4, -0.2) is 20.3 Å². The number of hydrogen-bond donors (Lipinski definition) is 0. The van der Waals surface area contributed by atoms with Crippen molar-refractivity contribution in [2.45, 2.75) is 24.8 Å². The van der Waals surface area contributed by atoms with Crippen molar-refractivity contribution >= 4 is 23.4 Å². The fourth-order valence-corrected chi connectivity index (χ4v) is 3.23. The van der Waals surface area contributed by atoms with E-state index in [1.165, 1.54) is 22.9 Å². The van der Waals surface area contributed by atoms with Crippen molar-refractivity contribution < 1.29 is 8.94 Å². The molecule has 0 aliphatic carbocycles. The SMILES string of the molecule is Cc1ccc(-c2nnc(SCc3nc(-c4cccc(Cl)c4)no3)o2)cc1C. The van der Waals surface area contributed by atoms with Crippen molar-refractivity contribution in [3.63, 3.8) is 0 Å². The Labute approximate surface area is 165 Å². The van der Waals surface area contributed by atoms with E-state index in [4.69, 9.17) is 20.5 Å². The molecule has 0 amide bonds. The monoisotopic (exact) mass is 398 g/mol. The smallest absolute Gasteiger partial charge is 0.277 e. The van der Waals surface area contributed by atoms with Gasteiger partial charge in [0.15, 0.2) is 0 Å². The molecule has 0 unspecified atom stereocenters. The Kier molecular flexibility index (Phi) is 4.96. The molecule has 2 heterocycles. The van der Waals surface area contributed by atoms with Crippen LogP contribution in [0.25, 0.3) is 22.8 Å². The molecule has 0 spiro atoms. The van der Waals surface area contributed by atoms with Gasteiger partial charge in [-0.3, -0.25) is 0 Å². The third kappa shape index (κ3) is 4.04. The number of aryl methyl sites for hydroxylation is 2. The Hall–Kier alpha value is -2.64. The van der Waals surface area contributed by atoms with Crippen molar-refractivity contribution in [3.8, 4) is 22.8 Å². The van der Waals surface area contributed by atoms with E-state index in [9.17, 15) is 0 Å². The molecule has 8 heteroatoms. The standard InChI is InChI=1S/C19H15ClN4O2S/c1-11-6-7-14(8-12(11)2)18-22-23-19(25-18)27-10-16-21-17(24-26-16)13-4-3-5-15(20)9-13/h3-9H,10H2,1-2H3. The second-order valence-corrected chi connectivity index (χ2v) is 7.35. The van der Waals surface area contributed by atoms with Crippen LogP contribution in [0.5, 0.6) is 0 Å². The predicted molar refractivity (Wildman–Crippen MR) is 104 cm³/mol. The number of thioether (sulfide) groups is 1. The highest BCUT2D eigenvalue weighted by atomic mass is 35.5. The molecule has 0 saturated heterocycles. The van der Waals surface area contributed by atoms with Crippen molar-refractivity contribution in [1.29, 1.82) is 0 Å². The van der Waals surface area contributed by atoms with Crippen LogP contribution < -0.4 is 0 Å². The molecule has 0 radical (unpaired) electrons. The maximum absolute atomic E-state index is 6.00. The van der Waals surface area contributed by atoms with Crippen molar-refractivity contribution in [2.24, 2.45) is 0 Å². The molecular formula is C19H15ClN4O2S. The summed E-state index contributed by atoms with van der Waals surface area (Å²) in [7, 11) is 0. The van der Waals surface area contributed by atoms with Gasteiger partial charge in [0.05, 0.1) is 5.75 Å². The number of rotatable bonds is 5. The zero-order valence-electron chi connectivity index (χ0n) is 14.6. The number of hydrogen-bond acceptors (Lipinski definition) is 7. The summed E-state index contributed by atoms with van der Waals surface area (Å²) in [5, 5.41) is 13.2. The first-order valence-corrected chi connectivity index (χ1v) is 9.57. The Bertz CT molecular complexity index is 1090. The Balaban J connectivity index is 1.44. The minimum Gasteiger partial charge on any atom is -0.411 e. The van der Waals surface area contributed by atoms with Gasteiger partial charge in [-0.1, -0.05) is 46.7 Å². The molecule has 4 aromatic rings. The Morgan fingerprint density at radius 1 is 1.00 bits per heavy atom. The molecule has 27 heavy (non-hydrogen) atoms. The van der Waals surface area contributed by atoms with Crippen LogP contribution in [0, 0.1) is 13.8 Å². The largest absolute Gasteiger partial charge is 0.411 e. The predicted octanol–water partition coefficient (Wildman–Crippen LogP) is 5.35. The summed E-state index contributed by atoms with van der Waals surface area (Å²) in [6, 6.07) is 13.3. The van der Waals surface area contributed by atoms with E-state index in [-0.39, 0.29) is 0 Å². The maximum Gasteiger partial charge on any atom is 0.277 e. The highest BCUT2D eigenvalue weighted by molar-refractivity contribution is 7.98. The molecule has 0 N–H and O–H groups in total. The van der Waals surface area contributed by atoms with E-state index in [1.807, 2.05) is 30.3 Å². The molecule has 4 rings (SSSR count). The first-order chi connectivity index (χ1) is 13.1. The van der Waals surface area contributed by atoms with Gasteiger partial charge < -0.3 is 8.94 Å². The molecule has 136 valence electrons. The Morgan fingerprint density at radius 2 is 1.89 bits per heavy atom. The lowest BCUT2D eigenvalue weighted by Gasteiger charge is -2.00. The zero-order chi connectivity index (χ0) is 18.8. The van der Waals surface area contributed by atoms with Crippen LogP contribution in [0.2, 0.25) is 5.02 Å². The van der Waals surface area contributed by atoms with Crippen molar-refractivity contribution in [2.75, 3.05) is 0 Å². The number of halogens is 1. The van der Waals surface area contributed by atoms with E-state index in [1.54, 1.807) is 12.1 Å². The summed E-state index contributed by atoms with van der Waals surface area (Å²) in [4.78, 5) is 4.38. The summed E-state index contributed by atoms with van der Waals surface area (Å²) in [5.74, 6) is 1.89. The molecule has 0 aliphatic rings. The molecule has 0 saturated carbocycles. The van der Waals surface area contributed by atoms with Crippen LogP contribution in [0.4, 0.5) is 0 Å². The first kappa shape index (κ1) is 17.8. The number of nitrogens with zero attached hydrogens (tertiary/aromatic N) is 4. The van der Waals surface area contributed by atoms with Gasteiger partial charge in [-0.15, -0.1) is 10.2 Å². The third-order valence-corrected chi connectivity index (χ3v) is 5.07. The lowest BCUT2D eigenvalue weighted by Crippen LogP contribution is -1.83. The average molecular weight is 399 g/mol.